The van der Waals surface area contributed by atoms with Gasteiger partial charge in [-0.1, -0.05) is 18.2 Å². The van der Waals surface area contributed by atoms with Crippen molar-refractivity contribution >= 4 is 16.9 Å². The first-order valence-electron chi connectivity index (χ1n) is 9.96. The third-order valence-corrected chi connectivity index (χ3v) is 6.94. The highest BCUT2D eigenvalue weighted by Crippen LogP contribution is 2.51. The fourth-order valence-electron chi connectivity index (χ4n) is 5.56. The molecule has 0 aliphatic carbocycles. The molecule has 3 aliphatic rings. The van der Waals surface area contributed by atoms with E-state index >= 15 is 0 Å². The van der Waals surface area contributed by atoms with Gasteiger partial charge in [-0.25, -0.2) is 4.79 Å². The Bertz CT molecular complexity index is 978. The molecule has 0 fully saturated rings. The van der Waals surface area contributed by atoms with Gasteiger partial charge in [-0.05, 0) is 38.4 Å². The number of hydrogen-bond acceptors (Lipinski definition) is 5. The molecule has 0 saturated carbocycles. The van der Waals surface area contributed by atoms with Gasteiger partial charge < -0.3 is 19.1 Å². The lowest BCUT2D eigenvalue weighted by atomic mass is 9.76. The van der Waals surface area contributed by atoms with Crippen molar-refractivity contribution in [3.8, 4) is 0 Å². The number of aliphatic hydroxyl groups excluding tert-OH is 1. The molecule has 0 spiro atoms. The molecule has 0 unspecified atom stereocenters. The summed E-state index contributed by atoms with van der Waals surface area (Å²) in [4.78, 5) is 14.8. The van der Waals surface area contributed by atoms with Gasteiger partial charge in [-0.2, -0.15) is 0 Å². The molecule has 6 heteroatoms. The first-order chi connectivity index (χ1) is 13.5. The van der Waals surface area contributed by atoms with Crippen molar-refractivity contribution in [2.75, 3.05) is 20.7 Å². The number of carbonyl (C=O) groups is 1. The molecule has 3 aliphatic heterocycles. The minimum absolute atomic E-state index is 0.122. The van der Waals surface area contributed by atoms with E-state index in [1.807, 2.05) is 13.0 Å². The van der Waals surface area contributed by atoms with Crippen molar-refractivity contribution < 1.29 is 19.4 Å². The van der Waals surface area contributed by atoms with E-state index in [1.54, 1.807) is 6.26 Å². The van der Waals surface area contributed by atoms with E-state index in [2.05, 4.69) is 34.7 Å². The summed E-state index contributed by atoms with van der Waals surface area (Å²) in [7, 11) is 3.53. The molecular weight excluding hydrogens is 356 g/mol. The Labute approximate surface area is 164 Å². The number of para-hydroxylation sites is 1. The lowest BCUT2D eigenvalue weighted by Crippen LogP contribution is -2.40. The highest BCUT2D eigenvalue weighted by molar-refractivity contribution is 5.89. The molecule has 0 bridgehead atoms. The summed E-state index contributed by atoms with van der Waals surface area (Å²) in [5, 5.41) is 12.8. The zero-order chi connectivity index (χ0) is 19.6. The van der Waals surface area contributed by atoms with Gasteiger partial charge in [-0.15, -0.1) is 0 Å². The second-order valence-corrected chi connectivity index (χ2v) is 8.24. The maximum atomic E-state index is 12.5. The number of likely N-dealkylation sites (N-methyl/N-ethyl adjacent to an activating group) is 1. The molecule has 5 atom stereocenters. The number of esters is 1. The fraction of sp³-hybridized carbons (Fsp3) is 0.500. The normalized spacial score (nSPS) is 32.0. The Morgan fingerprint density at radius 2 is 2.11 bits per heavy atom. The number of methoxy groups -OCH3 is 1. The molecule has 0 amide bonds. The molecule has 0 radical (unpaired) electrons. The molecule has 1 aromatic heterocycles. The lowest BCUT2D eigenvalue weighted by molar-refractivity contribution is -0.139. The number of rotatable bonds is 1. The van der Waals surface area contributed by atoms with Crippen molar-refractivity contribution in [1.29, 1.82) is 0 Å². The van der Waals surface area contributed by atoms with Crippen molar-refractivity contribution in [3.05, 3.63) is 47.4 Å². The summed E-state index contributed by atoms with van der Waals surface area (Å²) in [6.45, 7) is 2.93. The Hall–Kier alpha value is -2.31. The predicted octanol–water partition coefficient (Wildman–Crippen LogP) is 2.77. The van der Waals surface area contributed by atoms with Crippen LogP contribution < -0.4 is 0 Å². The number of aromatic nitrogens is 1. The predicted molar refractivity (Wildman–Crippen MR) is 105 cm³/mol. The van der Waals surface area contributed by atoms with Gasteiger partial charge in [0.25, 0.3) is 0 Å². The summed E-state index contributed by atoms with van der Waals surface area (Å²) in [5.41, 5.74) is 4.10. The summed E-state index contributed by atoms with van der Waals surface area (Å²) < 4.78 is 12.9. The summed E-state index contributed by atoms with van der Waals surface area (Å²) in [5.74, 6) is -0.717. The van der Waals surface area contributed by atoms with E-state index in [4.69, 9.17) is 9.47 Å². The quantitative estimate of drug-likeness (QED) is 0.769. The van der Waals surface area contributed by atoms with Crippen LogP contribution in [-0.2, 0) is 20.7 Å². The highest BCUT2D eigenvalue weighted by atomic mass is 16.5. The van der Waals surface area contributed by atoms with Crippen LogP contribution in [0.5, 0.6) is 0 Å². The zero-order valence-corrected chi connectivity index (χ0v) is 16.5. The van der Waals surface area contributed by atoms with Gasteiger partial charge >= 0.3 is 5.97 Å². The minimum Gasteiger partial charge on any atom is -0.497 e. The topological polar surface area (TPSA) is 63.9 Å². The van der Waals surface area contributed by atoms with Crippen LogP contribution >= 0.6 is 0 Å². The number of hydrogen-bond donors (Lipinski definition) is 1. The van der Waals surface area contributed by atoms with Crippen molar-refractivity contribution in [2.45, 2.75) is 38.1 Å². The largest absolute Gasteiger partial charge is 0.497 e. The van der Waals surface area contributed by atoms with E-state index < -0.39 is 6.23 Å². The molecule has 4 heterocycles. The second kappa shape index (κ2) is 6.36. The lowest BCUT2D eigenvalue weighted by Gasteiger charge is -2.38. The van der Waals surface area contributed by atoms with Crippen LogP contribution in [0.2, 0.25) is 0 Å². The molecule has 6 nitrogen and oxygen atoms in total. The van der Waals surface area contributed by atoms with Gasteiger partial charge in [0.1, 0.15) is 12.3 Å². The van der Waals surface area contributed by atoms with Gasteiger partial charge in [0.05, 0.1) is 30.5 Å². The Kier molecular flexibility index (Phi) is 4.03. The van der Waals surface area contributed by atoms with Gasteiger partial charge in [-0.3, -0.25) is 4.90 Å². The molecule has 2 aromatic rings. The third kappa shape index (κ3) is 2.31. The average molecular weight is 382 g/mol. The van der Waals surface area contributed by atoms with E-state index in [-0.39, 0.29) is 30.0 Å². The number of ether oxygens (including phenoxy) is 2. The fourth-order valence-corrected chi connectivity index (χ4v) is 5.56. The van der Waals surface area contributed by atoms with Crippen LogP contribution in [0.3, 0.4) is 0 Å². The average Bonchev–Trinajstić information content (AvgIpc) is 2.96. The number of nitrogens with zero attached hydrogens (tertiary/aromatic N) is 2. The van der Waals surface area contributed by atoms with Gasteiger partial charge in [0.2, 0.25) is 0 Å². The number of benzene rings is 1. The third-order valence-electron chi connectivity index (χ3n) is 6.94. The van der Waals surface area contributed by atoms with Crippen LogP contribution in [0.15, 0.2) is 36.1 Å². The van der Waals surface area contributed by atoms with Crippen LogP contribution in [0.4, 0.5) is 0 Å². The molecule has 28 heavy (non-hydrogen) atoms. The van der Waals surface area contributed by atoms with Gasteiger partial charge in [0, 0.05) is 29.5 Å². The number of aliphatic hydroxyl groups is 1. The maximum absolute atomic E-state index is 12.5. The standard InChI is InChI=1S/C22H26N2O4/c1-12-19-15(16(11-28-12)22(26)27-3)10-18-20-14(8-9-23(18)2)13-6-4-5-7-17(13)24(20)21(19)25/h4-7,11-12,15,18-19,21,25H,8-10H2,1-3H3/t12-,15+,18-,19-,21-/m1/s1. The number of carbonyl (C=O) groups excluding carboxylic acids is 1. The molecule has 148 valence electrons. The second-order valence-electron chi connectivity index (χ2n) is 8.24. The summed E-state index contributed by atoms with van der Waals surface area (Å²) >= 11 is 0. The van der Waals surface area contributed by atoms with E-state index in [1.165, 1.54) is 23.8 Å². The Morgan fingerprint density at radius 1 is 1.32 bits per heavy atom. The van der Waals surface area contributed by atoms with Crippen molar-refractivity contribution in [1.82, 2.24) is 9.47 Å². The maximum Gasteiger partial charge on any atom is 0.337 e. The molecule has 0 saturated heterocycles. The van der Waals surface area contributed by atoms with E-state index in [0.29, 0.717) is 5.57 Å². The zero-order valence-electron chi connectivity index (χ0n) is 16.5. The van der Waals surface area contributed by atoms with E-state index in [9.17, 15) is 9.90 Å². The SMILES string of the molecule is COC(=O)C1=CO[C@H](C)[C@H]2[C@@H](O)n3c4c(c5ccccc53)CCN(C)[C@@H]4C[C@@H]12. The van der Waals surface area contributed by atoms with Crippen LogP contribution in [-0.4, -0.2) is 47.3 Å². The summed E-state index contributed by atoms with van der Waals surface area (Å²) in [6.07, 6.45) is 2.31. The molecule has 1 N–H and O–H groups in total. The summed E-state index contributed by atoms with van der Waals surface area (Å²) in [6, 6.07) is 8.45. The Balaban J connectivity index is 1.74. The van der Waals surface area contributed by atoms with Crippen molar-refractivity contribution in [3.63, 3.8) is 0 Å². The van der Waals surface area contributed by atoms with Crippen molar-refractivity contribution in [2.24, 2.45) is 11.8 Å². The van der Waals surface area contributed by atoms with Crippen LogP contribution in [0.1, 0.15) is 36.9 Å². The molecule has 5 rings (SSSR count). The van der Waals surface area contributed by atoms with Crippen LogP contribution in [0, 0.1) is 11.8 Å². The number of fused-ring (bicyclic) bond motifs is 4. The van der Waals surface area contributed by atoms with Gasteiger partial charge in [0.15, 0.2) is 0 Å². The first kappa shape index (κ1) is 17.8. The van der Waals surface area contributed by atoms with E-state index in [0.717, 1.165) is 24.9 Å². The molecular formula is C22H26N2O4. The smallest absolute Gasteiger partial charge is 0.337 e. The molecule has 1 aromatic carbocycles. The minimum atomic E-state index is -0.765. The monoisotopic (exact) mass is 382 g/mol. The Morgan fingerprint density at radius 3 is 2.89 bits per heavy atom. The van der Waals surface area contributed by atoms with Crippen LogP contribution in [0.25, 0.3) is 10.9 Å². The highest BCUT2D eigenvalue weighted by Gasteiger charge is 2.49. The first-order valence-corrected chi connectivity index (χ1v) is 9.96.